The average Bonchev–Trinajstić information content (AvgIpc) is 3.51. The standard InChI is InChI=1S/C22H28N8O2S/c1-11-7-25-13(12(2)17(11)32-4)9-30-19-16-18(29-30)22(5-6-22)14(26-15(31)8-24-3)10-33-20(16)28-21(23)27-19/h7,14,24H,5-6,8-10H2,1-4H3,(H,26,31)(H2,23,27,28). The minimum atomic E-state index is -0.210. The number of likely N-dealkylation sites (N-methyl/N-ethyl adjacent to an activating group) is 1. The van der Waals surface area contributed by atoms with Crippen molar-refractivity contribution in [1.29, 1.82) is 0 Å². The van der Waals surface area contributed by atoms with Crippen molar-refractivity contribution in [3.05, 3.63) is 28.7 Å². The molecule has 1 fully saturated rings. The molecule has 5 rings (SSSR count). The van der Waals surface area contributed by atoms with Crippen LogP contribution in [0.5, 0.6) is 5.75 Å². The van der Waals surface area contributed by atoms with Crippen LogP contribution in [0.25, 0.3) is 11.0 Å². The molecule has 4 heterocycles. The van der Waals surface area contributed by atoms with Gasteiger partial charge in [0.05, 0.1) is 37.0 Å². The Hall–Kier alpha value is -2.92. The number of carbonyl (C=O) groups excluding carboxylic acids is 1. The summed E-state index contributed by atoms with van der Waals surface area (Å²) in [7, 11) is 3.44. The summed E-state index contributed by atoms with van der Waals surface area (Å²) < 4.78 is 7.45. The van der Waals surface area contributed by atoms with E-state index in [1.807, 2.05) is 24.7 Å². The number of rotatable bonds is 6. The normalized spacial score (nSPS) is 18.4. The van der Waals surface area contributed by atoms with Gasteiger partial charge in [-0.15, -0.1) is 11.8 Å². The third-order valence-electron chi connectivity index (χ3n) is 6.61. The van der Waals surface area contributed by atoms with Crippen LogP contribution in [0.15, 0.2) is 11.2 Å². The lowest BCUT2D eigenvalue weighted by Crippen LogP contribution is -2.47. The number of hydrogen-bond donors (Lipinski definition) is 3. The molecular formula is C22H28N8O2S. The van der Waals surface area contributed by atoms with Gasteiger partial charge in [-0.05, 0) is 33.7 Å². The van der Waals surface area contributed by atoms with Crippen molar-refractivity contribution < 1.29 is 9.53 Å². The number of methoxy groups -OCH3 is 1. The molecule has 0 saturated heterocycles. The van der Waals surface area contributed by atoms with Gasteiger partial charge in [0.15, 0.2) is 5.65 Å². The van der Waals surface area contributed by atoms with Crippen LogP contribution in [0.3, 0.4) is 0 Å². The van der Waals surface area contributed by atoms with E-state index in [1.54, 1.807) is 25.9 Å². The van der Waals surface area contributed by atoms with E-state index in [9.17, 15) is 4.79 Å². The molecule has 3 aromatic rings. The minimum absolute atomic E-state index is 0.0202. The van der Waals surface area contributed by atoms with Gasteiger partial charge in [0.2, 0.25) is 11.9 Å². The number of aryl methyl sites for hydroxylation is 1. The number of nitrogens with two attached hydrogens (primary N) is 1. The molecule has 1 spiro atoms. The summed E-state index contributed by atoms with van der Waals surface area (Å²) in [6, 6.07) is -0.0374. The van der Waals surface area contributed by atoms with Gasteiger partial charge >= 0.3 is 0 Å². The van der Waals surface area contributed by atoms with Gasteiger partial charge < -0.3 is 21.1 Å². The molecule has 1 unspecified atom stereocenters. The van der Waals surface area contributed by atoms with Crippen LogP contribution in [0, 0.1) is 13.8 Å². The van der Waals surface area contributed by atoms with Crippen LogP contribution < -0.4 is 21.1 Å². The molecule has 1 amide bonds. The summed E-state index contributed by atoms with van der Waals surface area (Å²) in [4.78, 5) is 26.1. The highest BCUT2D eigenvalue weighted by Gasteiger charge is 2.55. The van der Waals surface area contributed by atoms with Gasteiger partial charge in [0.25, 0.3) is 0 Å². The second-order valence-corrected chi connectivity index (χ2v) is 9.76. The molecule has 0 aromatic carbocycles. The molecule has 10 nitrogen and oxygen atoms in total. The molecule has 174 valence electrons. The van der Waals surface area contributed by atoms with E-state index in [2.05, 4.69) is 25.6 Å². The second kappa shape index (κ2) is 8.14. The zero-order valence-corrected chi connectivity index (χ0v) is 20.0. The zero-order chi connectivity index (χ0) is 23.3. The Morgan fingerprint density at radius 3 is 2.85 bits per heavy atom. The highest BCUT2D eigenvalue weighted by atomic mass is 32.2. The fraction of sp³-hybridized carbons (Fsp3) is 0.500. The van der Waals surface area contributed by atoms with Crippen LogP contribution in [-0.2, 0) is 16.8 Å². The van der Waals surface area contributed by atoms with E-state index < -0.39 is 0 Å². The molecule has 3 aromatic heterocycles. The largest absolute Gasteiger partial charge is 0.496 e. The molecular weight excluding hydrogens is 440 g/mol. The van der Waals surface area contributed by atoms with Crippen molar-refractivity contribution >= 4 is 34.7 Å². The van der Waals surface area contributed by atoms with Crippen LogP contribution in [-0.4, -0.2) is 63.1 Å². The number of pyridine rings is 1. The number of nitrogen functional groups attached to an aromatic ring is 1. The maximum atomic E-state index is 12.4. The molecule has 1 aliphatic carbocycles. The van der Waals surface area contributed by atoms with Gasteiger partial charge in [-0.2, -0.15) is 10.1 Å². The van der Waals surface area contributed by atoms with Gasteiger partial charge in [0, 0.05) is 34.5 Å². The monoisotopic (exact) mass is 468 g/mol. The first-order valence-corrected chi connectivity index (χ1v) is 12.0. The van der Waals surface area contributed by atoms with E-state index in [0.29, 0.717) is 17.9 Å². The number of anilines is 1. The minimum Gasteiger partial charge on any atom is -0.496 e. The van der Waals surface area contributed by atoms with E-state index in [-0.39, 0.29) is 29.9 Å². The summed E-state index contributed by atoms with van der Waals surface area (Å²) >= 11 is 1.60. The van der Waals surface area contributed by atoms with Gasteiger partial charge in [-0.1, -0.05) is 0 Å². The van der Waals surface area contributed by atoms with Crippen molar-refractivity contribution in [2.45, 2.75) is 49.7 Å². The van der Waals surface area contributed by atoms with E-state index >= 15 is 0 Å². The zero-order valence-electron chi connectivity index (χ0n) is 19.2. The molecule has 4 N–H and O–H groups in total. The Kier molecular flexibility index (Phi) is 5.40. The molecule has 0 bridgehead atoms. The van der Waals surface area contributed by atoms with Crippen molar-refractivity contribution in [3.63, 3.8) is 0 Å². The van der Waals surface area contributed by atoms with E-state index in [1.165, 1.54) is 0 Å². The lowest BCUT2D eigenvalue weighted by Gasteiger charge is -2.25. The van der Waals surface area contributed by atoms with E-state index in [4.69, 9.17) is 15.6 Å². The molecule has 2 aliphatic rings. The molecule has 1 atom stereocenters. The fourth-order valence-corrected chi connectivity index (χ4v) is 6.00. The average molecular weight is 469 g/mol. The Bertz CT molecular complexity index is 1250. The first kappa shape index (κ1) is 21.9. The molecule has 11 heteroatoms. The van der Waals surface area contributed by atoms with Crippen molar-refractivity contribution in [2.75, 3.05) is 32.2 Å². The quantitative estimate of drug-likeness (QED) is 0.458. The second-order valence-electron chi connectivity index (χ2n) is 8.76. The van der Waals surface area contributed by atoms with Crippen molar-refractivity contribution in [3.8, 4) is 5.75 Å². The SMILES string of the molecule is CNCC(=O)NC1CSc2nc(N)nc3c2c(nn3Cc2ncc(C)c(OC)c2C)C12CC2. The number of hydrogen-bond acceptors (Lipinski definition) is 9. The summed E-state index contributed by atoms with van der Waals surface area (Å²) in [6.07, 6.45) is 3.74. The summed E-state index contributed by atoms with van der Waals surface area (Å²) in [6.45, 7) is 4.70. The van der Waals surface area contributed by atoms with Crippen LogP contribution in [0.1, 0.15) is 35.4 Å². The molecule has 1 aliphatic heterocycles. The number of nitrogens with one attached hydrogen (secondary N) is 2. The topological polar surface area (TPSA) is 133 Å². The van der Waals surface area contributed by atoms with E-state index in [0.717, 1.165) is 51.5 Å². The highest BCUT2D eigenvalue weighted by molar-refractivity contribution is 7.99. The smallest absolute Gasteiger partial charge is 0.234 e. The highest BCUT2D eigenvalue weighted by Crippen LogP contribution is 2.56. The van der Waals surface area contributed by atoms with Crippen LogP contribution in [0.2, 0.25) is 0 Å². The Balaban J connectivity index is 1.61. The maximum absolute atomic E-state index is 12.4. The Labute approximate surface area is 196 Å². The van der Waals surface area contributed by atoms with Gasteiger partial charge in [-0.25, -0.2) is 9.67 Å². The number of ether oxygens (including phenoxy) is 1. The van der Waals surface area contributed by atoms with Gasteiger partial charge in [0.1, 0.15) is 10.8 Å². The number of thioether (sulfide) groups is 1. The Morgan fingerprint density at radius 2 is 2.15 bits per heavy atom. The number of carbonyl (C=O) groups is 1. The lowest BCUT2D eigenvalue weighted by molar-refractivity contribution is -0.120. The predicted octanol–water partition coefficient (Wildman–Crippen LogP) is 1.32. The predicted molar refractivity (Wildman–Crippen MR) is 127 cm³/mol. The summed E-state index contributed by atoms with van der Waals surface area (Å²) in [5, 5.41) is 12.9. The van der Waals surface area contributed by atoms with Crippen LogP contribution >= 0.6 is 11.8 Å². The number of aromatic nitrogens is 5. The Morgan fingerprint density at radius 1 is 1.36 bits per heavy atom. The maximum Gasteiger partial charge on any atom is 0.234 e. The third kappa shape index (κ3) is 3.59. The third-order valence-corrected chi connectivity index (χ3v) is 7.68. The molecule has 33 heavy (non-hydrogen) atoms. The number of amides is 1. The van der Waals surface area contributed by atoms with Crippen molar-refractivity contribution in [2.24, 2.45) is 0 Å². The fourth-order valence-electron chi connectivity index (χ4n) is 4.79. The van der Waals surface area contributed by atoms with Gasteiger partial charge in [-0.3, -0.25) is 9.78 Å². The lowest BCUT2D eigenvalue weighted by atomic mass is 9.92. The summed E-state index contributed by atoms with van der Waals surface area (Å²) in [5.41, 5.74) is 10.4. The first-order valence-electron chi connectivity index (χ1n) is 11.0. The number of fused-ring (bicyclic) bond motifs is 1. The number of nitrogens with zero attached hydrogens (tertiary/aromatic N) is 5. The molecule has 0 radical (unpaired) electrons. The van der Waals surface area contributed by atoms with Crippen molar-refractivity contribution in [1.82, 2.24) is 35.4 Å². The summed E-state index contributed by atoms with van der Waals surface area (Å²) in [5.74, 6) is 1.74. The first-order chi connectivity index (χ1) is 15.9. The molecule has 1 saturated carbocycles. The van der Waals surface area contributed by atoms with Crippen LogP contribution in [0.4, 0.5) is 5.95 Å².